The summed E-state index contributed by atoms with van der Waals surface area (Å²) in [6, 6.07) is 9.22. The fourth-order valence-electron chi connectivity index (χ4n) is 2.93. The van der Waals surface area contributed by atoms with Gasteiger partial charge in [0.1, 0.15) is 6.33 Å². The SMILES string of the molecule is COCCN(CCOC)c1ncnc(Nc2cccc3ncccc23)c1[N+](=O)[O-]. The molecular formula is C19H22N6O4. The van der Waals surface area contributed by atoms with E-state index in [9.17, 15) is 10.1 Å². The lowest BCUT2D eigenvalue weighted by molar-refractivity contribution is -0.383. The number of fused-ring (bicyclic) bond motifs is 1. The number of hydrogen-bond acceptors (Lipinski definition) is 9. The molecule has 0 spiro atoms. The van der Waals surface area contributed by atoms with Crippen LogP contribution in [0.25, 0.3) is 10.9 Å². The van der Waals surface area contributed by atoms with Crippen molar-refractivity contribution in [1.29, 1.82) is 0 Å². The lowest BCUT2D eigenvalue weighted by Gasteiger charge is -2.23. The number of aromatic nitrogens is 3. The zero-order valence-corrected chi connectivity index (χ0v) is 16.2. The van der Waals surface area contributed by atoms with Crippen LogP contribution < -0.4 is 10.2 Å². The summed E-state index contributed by atoms with van der Waals surface area (Å²) in [4.78, 5) is 25.8. The maximum Gasteiger partial charge on any atom is 0.353 e. The molecule has 2 heterocycles. The van der Waals surface area contributed by atoms with E-state index in [1.165, 1.54) is 6.33 Å². The molecule has 29 heavy (non-hydrogen) atoms. The van der Waals surface area contributed by atoms with Crippen LogP contribution >= 0.6 is 0 Å². The maximum absolute atomic E-state index is 11.9. The quantitative estimate of drug-likeness (QED) is 0.406. The van der Waals surface area contributed by atoms with E-state index in [-0.39, 0.29) is 17.3 Å². The van der Waals surface area contributed by atoms with E-state index in [2.05, 4.69) is 20.3 Å². The average molecular weight is 398 g/mol. The first-order valence-electron chi connectivity index (χ1n) is 8.98. The van der Waals surface area contributed by atoms with Crippen LogP contribution in [0.1, 0.15) is 0 Å². The highest BCUT2D eigenvalue weighted by Gasteiger charge is 2.27. The number of hydrogen-bond donors (Lipinski definition) is 1. The van der Waals surface area contributed by atoms with Gasteiger partial charge in [0.05, 0.1) is 23.7 Å². The van der Waals surface area contributed by atoms with Crippen LogP contribution in [0, 0.1) is 10.1 Å². The third kappa shape index (κ3) is 4.73. The first-order valence-corrected chi connectivity index (χ1v) is 8.98. The molecule has 0 aliphatic heterocycles. The molecule has 152 valence electrons. The van der Waals surface area contributed by atoms with Gasteiger partial charge in [0.25, 0.3) is 0 Å². The van der Waals surface area contributed by atoms with Gasteiger partial charge in [0.15, 0.2) is 0 Å². The van der Waals surface area contributed by atoms with Gasteiger partial charge in [-0.3, -0.25) is 15.1 Å². The summed E-state index contributed by atoms with van der Waals surface area (Å²) in [5, 5.41) is 15.8. The maximum atomic E-state index is 11.9. The van der Waals surface area contributed by atoms with Gasteiger partial charge >= 0.3 is 5.69 Å². The summed E-state index contributed by atoms with van der Waals surface area (Å²) in [6.45, 7) is 1.63. The Kier molecular flexibility index (Phi) is 6.82. The second kappa shape index (κ2) is 9.71. The highest BCUT2D eigenvalue weighted by atomic mass is 16.6. The third-order valence-electron chi connectivity index (χ3n) is 4.31. The first kappa shape index (κ1) is 20.4. The summed E-state index contributed by atoms with van der Waals surface area (Å²) in [6.07, 6.45) is 3.00. The van der Waals surface area contributed by atoms with E-state index in [0.717, 1.165) is 10.9 Å². The van der Waals surface area contributed by atoms with Gasteiger partial charge in [-0.2, -0.15) is 0 Å². The van der Waals surface area contributed by atoms with Crippen LogP contribution in [0.3, 0.4) is 0 Å². The zero-order valence-electron chi connectivity index (χ0n) is 16.2. The van der Waals surface area contributed by atoms with Crippen molar-refractivity contribution >= 4 is 33.9 Å². The number of ether oxygens (including phenoxy) is 2. The minimum absolute atomic E-state index is 0.108. The van der Waals surface area contributed by atoms with Crippen LogP contribution in [0.5, 0.6) is 0 Å². The van der Waals surface area contributed by atoms with Crippen molar-refractivity contribution in [3.63, 3.8) is 0 Å². The fraction of sp³-hybridized carbons (Fsp3) is 0.316. The first-order chi connectivity index (χ1) is 14.2. The van der Waals surface area contributed by atoms with Crippen molar-refractivity contribution < 1.29 is 14.4 Å². The molecular weight excluding hydrogens is 376 g/mol. The number of pyridine rings is 1. The smallest absolute Gasteiger partial charge is 0.353 e. The molecule has 0 aliphatic rings. The van der Waals surface area contributed by atoms with Crippen molar-refractivity contribution in [3.05, 3.63) is 53.0 Å². The molecule has 2 aromatic heterocycles. The van der Waals surface area contributed by atoms with E-state index in [4.69, 9.17) is 9.47 Å². The Labute approximate surface area is 167 Å². The minimum atomic E-state index is -0.479. The van der Waals surface area contributed by atoms with Crippen LogP contribution in [-0.2, 0) is 9.47 Å². The molecule has 0 saturated carbocycles. The molecule has 0 atom stereocenters. The molecule has 1 N–H and O–H groups in total. The van der Waals surface area contributed by atoms with Crippen LogP contribution in [0.2, 0.25) is 0 Å². The Morgan fingerprint density at radius 3 is 2.52 bits per heavy atom. The average Bonchev–Trinajstić information content (AvgIpc) is 2.74. The molecule has 1 aromatic carbocycles. The largest absolute Gasteiger partial charge is 0.383 e. The molecule has 0 fully saturated rings. The number of nitrogens with one attached hydrogen (secondary N) is 1. The Hall–Kier alpha value is -3.37. The number of anilines is 3. The lowest BCUT2D eigenvalue weighted by atomic mass is 10.2. The minimum Gasteiger partial charge on any atom is -0.383 e. The fourth-order valence-corrected chi connectivity index (χ4v) is 2.93. The van der Waals surface area contributed by atoms with Gasteiger partial charge < -0.3 is 19.7 Å². The van der Waals surface area contributed by atoms with Gasteiger partial charge in [-0.1, -0.05) is 6.07 Å². The molecule has 0 radical (unpaired) electrons. The Bertz CT molecular complexity index is 971. The van der Waals surface area contributed by atoms with Crippen molar-refractivity contribution in [2.24, 2.45) is 0 Å². The third-order valence-corrected chi connectivity index (χ3v) is 4.31. The topological polar surface area (TPSA) is 116 Å². The molecule has 0 aliphatic carbocycles. The molecule has 3 aromatic rings. The molecule has 0 amide bonds. The summed E-state index contributed by atoms with van der Waals surface area (Å²) >= 11 is 0. The summed E-state index contributed by atoms with van der Waals surface area (Å²) in [5.41, 5.74) is 1.24. The van der Waals surface area contributed by atoms with Crippen molar-refractivity contribution in [1.82, 2.24) is 15.0 Å². The second-order valence-electron chi connectivity index (χ2n) is 6.12. The van der Waals surface area contributed by atoms with Gasteiger partial charge in [0.2, 0.25) is 11.6 Å². The van der Waals surface area contributed by atoms with E-state index in [1.54, 1.807) is 25.3 Å². The molecule has 0 unspecified atom stereocenters. The monoisotopic (exact) mass is 398 g/mol. The predicted octanol–water partition coefficient (Wildman–Crippen LogP) is 2.78. The Morgan fingerprint density at radius 2 is 1.83 bits per heavy atom. The zero-order chi connectivity index (χ0) is 20.6. The van der Waals surface area contributed by atoms with E-state index >= 15 is 0 Å². The van der Waals surface area contributed by atoms with Crippen LogP contribution in [0.15, 0.2) is 42.9 Å². The Morgan fingerprint density at radius 1 is 1.07 bits per heavy atom. The van der Waals surface area contributed by atoms with E-state index < -0.39 is 4.92 Å². The van der Waals surface area contributed by atoms with Crippen molar-refractivity contribution in [2.75, 3.05) is 50.7 Å². The summed E-state index contributed by atoms with van der Waals surface area (Å²) < 4.78 is 10.3. The summed E-state index contributed by atoms with van der Waals surface area (Å²) in [5.74, 6) is 0.316. The number of benzene rings is 1. The van der Waals surface area contributed by atoms with Crippen molar-refractivity contribution in [2.45, 2.75) is 0 Å². The highest BCUT2D eigenvalue weighted by molar-refractivity contribution is 5.93. The van der Waals surface area contributed by atoms with Gasteiger partial charge in [0, 0.05) is 44.6 Å². The predicted molar refractivity (Wildman–Crippen MR) is 110 cm³/mol. The highest BCUT2D eigenvalue weighted by Crippen LogP contribution is 2.35. The standard InChI is InChI=1S/C19H22N6O4/c1-28-11-9-24(10-12-29-2)19-17(25(26)27)18(21-13-22-19)23-16-7-3-6-15-14(16)5-4-8-20-15/h3-8,13H,9-12H2,1-2H3,(H,21,22,23). The van der Waals surface area contributed by atoms with Crippen LogP contribution in [-0.4, -0.2) is 60.4 Å². The molecule has 0 bridgehead atoms. The number of nitrogens with zero attached hydrogens (tertiary/aromatic N) is 5. The van der Waals surface area contributed by atoms with Gasteiger partial charge in [-0.05, 0) is 24.3 Å². The van der Waals surface area contributed by atoms with E-state index in [0.29, 0.717) is 32.0 Å². The second-order valence-corrected chi connectivity index (χ2v) is 6.12. The number of methoxy groups -OCH3 is 2. The lowest BCUT2D eigenvalue weighted by Crippen LogP contribution is -2.32. The molecule has 10 nitrogen and oxygen atoms in total. The van der Waals surface area contributed by atoms with Gasteiger partial charge in [-0.15, -0.1) is 0 Å². The van der Waals surface area contributed by atoms with Crippen LogP contribution in [0.4, 0.5) is 23.0 Å². The molecule has 0 saturated heterocycles. The van der Waals surface area contributed by atoms with E-state index in [1.807, 2.05) is 30.3 Å². The van der Waals surface area contributed by atoms with Crippen molar-refractivity contribution in [3.8, 4) is 0 Å². The number of rotatable bonds is 10. The normalized spacial score (nSPS) is 10.8. The number of nitro groups is 1. The Balaban J connectivity index is 2.03. The molecule has 10 heteroatoms. The molecule has 3 rings (SSSR count). The van der Waals surface area contributed by atoms with Gasteiger partial charge in [-0.25, -0.2) is 9.97 Å². The summed E-state index contributed by atoms with van der Waals surface area (Å²) in [7, 11) is 3.15.